The van der Waals surface area contributed by atoms with Gasteiger partial charge in [0.2, 0.25) is 0 Å². The number of halogens is 1. The van der Waals surface area contributed by atoms with Crippen LogP contribution in [0, 0.1) is 0 Å². The van der Waals surface area contributed by atoms with Crippen molar-refractivity contribution in [1.29, 1.82) is 0 Å². The lowest BCUT2D eigenvalue weighted by molar-refractivity contribution is 0.466. The smallest absolute Gasteiger partial charge is 0.125 e. The van der Waals surface area contributed by atoms with Gasteiger partial charge in [-0.3, -0.25) is 0 Å². The maximum atomic E-state index is 5.53. The average molecular weight is 294 g/mol. The van der Waals surface area contributed by atoms with Crippen LogP contribution in [0.2, 0.25) is 0 Å². The lowest BCUT2D eigenvalue weighted by Crippen LogP contribution is -2.21. The molecule has 0 spiro atoms. The quantitative estimate of drug-likeness (QED) is 0.914. The van der Waals surface area contributed by atoms with Gasteiger partial charge in [0.15, 0.2) is 0 Å². The van der Waals surface area contributed by atoms with Crippen LogP contribution in [-0.4, -0.2) is 6.04 Å². The molecule has 0 unspecified atom stereocenters. The fraction of sp³-hybridized carbons (Fsp3) is 0.286. The van der Waals surface area contributed by atoms with Crippen LogP contribution in [0.3, 0.4) is 0 Å². The molecule has 0 aliphatic heterocycles. The van der Waals surface area contributed by atoms with Gasteiger partial charge < -0.3 is 9.73 Å². The second kappa shape index (κ2) is 5.52. The van der Waals surface area contributed by atoms with Gasteiger partial charge in [0.1, 0.15) is 5.76 Å². The molecular weight excluding hydrogens is 278 g/mol. The molecule has 0 radical (unpaired) electrons. The number of furan rings is 1. The topological polar surface area (TPSA) is 25.2 Å². The van der Waals surface area contributed by atoms with Crippen molar-refractivity contribution in [2.75, 3.05) is 0 Å². The number of hydrogen-bond acceptors (Lipinski definition) is 2. The van der Waals surface area contributed by atoms with E-state index in [9.17, 15) is 0 Å². The highest BCUT2D eigenvalue weighted by Gasteiger charge is 2.09. The molecule has 1 aromatic heterocycles. The lowest BCUT2D eigenvalue weighted by Gasteiger charge is -2.08. The second-order valence-electron chi connectivity index (χ2n) is 4.30. The molecule has 2 rings (SSSR count). The molecule has 1 heterocycles. The third kappa shape index (κ3) is 3.20. The summed E-state index contributed by atoms with van der Waals surface area (Å²) in [6.45, 7) is 5.01. The van der Waals surface area contributed by atoms with E-state index in [1.54, 1.807) is 6.26 Å². The van der Waals surface area contributed by atoms with E-state index in [0.29, 0.717) is 6.04 Å². The zero-order valence-electron chi connectivity index (χ0n) is 10.0. The first-order valence-corrected chi connectivity index (χ1v) is 6.52. The predicted octanol–water partition coefficient (Wildman–Crippen LogP) is 4.21. The Balaban J connectivity index is 2.24. The van der Waals surface area contributed by atoms with E-state index in [-0.39, 0.29) is 0 Å². The van der Waals surface area contributed by atoms with Crippen molar-refractivity contribution in [3.05, 3.63) is 46.8 Å². The highest BCUT2D eigenvalue weighted by atomic mass is 79.9. The molecule has 1 N–H and O–H groups in total. The van der Waals surface area contributed by atoms with E-state index in [0.717, 1.165) is 22.3 Å². The van der Waals surface area contributed by atoms with E-state index in [4.69, 9.17) is 4.42 Å². The standard InChI is InChI=1S/C14H16BrNO/c1-10(2)16-9-14-13(6-7-17-14)11-4-3-5-12(15)8-11/h3-8,10,16H,9H2,1-2H3. The third-order valence-corrected chi connectivity index (χ3v) is 3.05. The van der Waals surface area contributed by atoms with Crippen molar-refractivity contribution >= 4 is 15.9 Å². The molecule has 0 saturated heterocycles. The summed E-state index contributed by atoms with van der Waals surface area (Å²) in [5.74, 6) is 0.983. The van der Waals surface area contributed by atoms with Crippen LogP contribution in [-0.2, 0) is 6.54 Å². The Morgan fingerprint density at radius 3 is 2.82 bits per heavy atom. The Hall–Kier alpha value is -1.06. The van der Waals surface area contributed by atoms with Gasteiger partial charge in [-0.2, -0.15) is 0 Å². The molecule has 90 valence electrons. The molecule has 0 amide bonds. The molecule has 2 aromatic rings. The minimum atomic E-state index is 0.454. The summed E-state index contributed by atoms with van der Waals surface area (Å²) in [5.41, 5.74) is 2.33. The molecule has 0 saturated carbocycles. The highest BCUT2D eigenvalue weighted by molar-refractivity contribution is 9.10. The molecule has 3 heteroatoms. The Bertz CT molecular complexity index is 490. The molecule has 0 aliphatic rings. The van der Waals surface area contributed by atoms with E-state index < -0.39 is 0 Å². The minimum absolute atomic E-state index is 0.454. The predicted molar refractivity (Wildman–Crippen MR) is 73.8 cm³/mol. The van der Waals surface area contributed by atoms with Gasteiger partial charge in [0.05, 0.1) is 12.8 Å². The van der Waals surface area contributed by atoms with Crippen LogP contribution in [0.25, 0.3) is 11.1 Å². The van der Waals surface area contributed by atoms with Gasteiger partial charge in [0, 0.05) is 16.1 Å². The van der Waals surface area contributed by atoms with Crippen LogP contribution < -0.4 is 5.32 Å². The van der Waals surface area contributed by atoms with Crippen molar-refractivity contribution in [3.8, 4) is 11.1 Å². The maximum absolute atomic E-state index is 5.53. The van der Waals surface area contributed by atoms with Gasteiger partial charge >= 0.3 is 0 Å². The summed E-state index contributed by atoms with van der Waals surface area (Å²) in [4.78, 5) is 0. The van der Waals surface area contributed by atoms with Crippen LogP contribution in [0.15, 0.2) is 45.5 Å². The average Bonchev–Trinajstić information content (AvgIpc) is 2.74. The summed E-state index contributed by atoms with van der Waals surface area (Å²) >= 11 is 3.49. The number of benzene rings is 1. The lowest BCUT2D eigenvalue weighted by atomic mass is 10.1. The maximum Gasteiger partial charge on any atom is 0.125 e. The first kappa shape index (κ1) is 12.4. The van der Waals surface area contributed by atoms with E-state index in [1.165, 1.54) is 5.56 Å². The summed E-state index contributed by atoms with van der Waals surface area (Å²) in [5, 5.41) is 3.37. The molecule has 0 bridgehead atoms. The summed E-state index contributed by atoms with van der Waals surface area (Å²) in [6, 6.07) is 10.7. The summed E-state index contributed by atoms with van der Waals surface area (Å²) in [7, 11) is 0. The molecule has 0 aliphatic carbocycles. The van der Waals surface area contributed by atoms with Crippen LogP contribution in [0.5, 0.6) is 0 Å². The third-order valence-electron chi connectivity index (χ3n) is 2.55. The SMILES string of the molecule is CC(C)NCc1occc1-c1cccc(Br)c1. The van der Waals surface area contributed by atoms with E-state index in [2.05, 4.69) is 47.2 Å². The number of hydrogen-bond donors (Lipinski definition) is 1. The zero-order chi connectivity index (χ0) is 12.3. The Morgan fingerprint density at radius 2 is 2.12 bits per heavy atom. The molecule has 1 aromatic carbocycles. The fourth-order valence-corrected chi connectivity index (χ4v) is 2.09. The Morgan fingerprint density at radius 1 is 1.29 bits per heavy atom. The van der Waals surface area contributed by atoms with Crippen molar-refractivity contribution in [3.63, 3.8) is 0 Å². The fourth-order valence-electron chi connectivity index (χ4n) is 1.69. The van der Waals surface area contributed by atoms with Crippen LogP contribution >= 0.6 is 15.9 Å². The number of rotatable bonds is 4. The van der Waals surface area contributed by atoms with Crippen molar-refractivity contribution in [2.24, 2.45) is 0 Å². The van der Waals surface area contributed by atoms with Crippen molar-refractivity contribution < 1.29 is 4.42 Å². The summed E-state index contributed by atoms with van der Waals surface area (Å²) < 4.78 is 6.61. The first-order chi connectivity index (χ1) is 8.16. The van der Waals surface area contributed by atoms with Crippen molar-refractivity contribution in [2.45, 2.75) is 26.4 Å². The van der Waals surface area contributed by atoms with Gasteiger partial charge in [0.25, 0.3) is 0 Å². The van der Waals surface area contributed by atoms with Gasteiger partial charge in [-0.05, 0) is 23.8 Å². The molecule has 2 nitrogen and oxygen atoms in total. The minimum Gasteiger partial charge on any atom is -0.467 e. The first-order valence-electron chi connectivity index (χ1n) is 5.72. The van der Waals surface area contributed by atoms with E-state index in [1.807, 2.05) is 18.2 Å². The monoisotopic (exact) mass is 293 g/mol. The zero-order valence-corrected chi connectivity index (χ0v) is 11.6. The molecule has 0 fully saturated rings. The normalized spacial score (nSPS) is 11.1. The molecular formula is C14H16BrNO. The van der Waals surface area contributed by atoms with Crippen LogP contribution in [0.1, 0.15) is 19.6 Å². The van der Waals surface area contributed by atoms with Crippen molar-refractivity contribution in [1.82, 2.24) is 5.32 Å². The van der Waals surface area contributed by atoms with Gasteiger partial charge in [-0.1, -0.05) is 41.9 Å². The second-order valence-corrected chi connectivity index (χ2v) is 5.22. The largest absolute Gasteiger partial charge is 0.467 e. The van der Waals surface area contributed by atoms with Crippen LogP contribution in [0.4, 0.5) is 0 Å². The van der Waals surface area contributed by atoms with E-state index >= 15 is 0 Å². The molecule has 0 atom stereocenters. The Labute approximate surface area is 110 Å². The molecule has 17 heavy (non-hydrogen) atoms. The Kier molecular flexibility index (Phi) is 4.02. The highest BCUT2D eigenvalue weighted by Crippen LogP contribution is 2.27. The number of nitrogens with one attached hydrogen (secondary N) is 1. The summed E-state index contributed by atoms with van der Waals surface area (Å²) in [6.07, 6.45) is 1.74. The van der Waals surface area contributed by atoms with Gasteiger partial charge in [-0.25, -0.2) is 0 Å². The van der Waals surface area contributed by atoms with Gasteiger partial charge in [-0.15, -0.1) is 0 Å².